The van der Waals surface area contributed by atoms with Crippen LogP contribution in [0.4, 0.5) is 4.79 Å². The second-order valence-corrected chi connectivity index (χ2v) is 8.26. The number of benzene rings is 1. The lowest BCUT2D eigenvalue weighted by atomic mass is 9.91. The molecule has 3 atom stereocenters. The number of unbranched alkanes of at least 4 members (excludes halogenated alkanes) is 1. The third kappa shape index (κ3) is 6.73. The van der Waals surface area contributed by atoms with Gasteiger partial charge in [0.25, 0.3) is 0 Å². The Hall–Kier alpha value is -2.10. The van der Waals surface area contributed by atoms with Gasteiger partial charge in [-0.3, -0.25) is 4.79 Å². The first-order valence-corrected chi connectivity index (χ1v) is 11.2. The molecule has 0 N–H and O–H groups in total. The SMILES string of the molecule is CCCC[C@@H](/C=C(\C)C[C@@H](CC)C(=O)N1C(=O)OC[C@@H]1Cc1ccccc1)CC. The second-order valence-electron chi connectivity index (χ2n) is 8.26. The van der Waals surface area contributed by atoms with Gasteiger partial charge in [-0.15, -0.1) is 0 Å². The monoisotopic (exact) mass is 399 g/mol. The molecule has 1 aliphatic heterocycles. The first-order chi connectivity index (χ1) is 14.0. The van der Waals surface area contributed by atoms with Gasteiger partial charge < -0.3 is 4.74 Å². The molecule has 0 saturated carbocycles. The number of cyclic esters (lactones) is 1. The maximum absolute atomic E-state index is 13.2. The molecule has 0 bridgehead atoms. The average Bonchev–Trinajstić information content (AvgIpc) is 3.09. The number of nitrogens with zero attached hydrogens (tertiary/aromatic N) is 1. The number of hydrogen-bond acceptors (Lipinski definition) is 3. The zero-order chi connectivity index (χ0) is 21.2. The van der Waals surface area contributed by atoms with E-state index in [0.717, 1.165) is 18.4 Å². The van der Waals surface area contributed by atoms with E-state index in [1.807, 2.05) is 37.3 Å². The minimum atomic E-state index is -0.495. The molecule has 4 heteroatoms. The Labute approximate surface area is 176 Å². The van der Waals surface area contributed by atoms with E-state index >= 15 is 0 Å². The van der Waals surface area contributed by atoms with E-state index in [1.54, 1.807) is 0 Å². The predicted octanol–water partition coefficient (Wildman–Crippen LogP) is 6.16. The summed E-state index contributed by atoms with van der Waals surface area (Å²) in [6, 6.07) is 9.75. The maximum Gasteiger partial charge on any atom is 0.416 e. The van der Waals surface area contributed by atoms with Gasteiger partial charge in [0.05, 0.1) is 6.04 Å². The van der Waals surface area contributed by atoms with Crippen molar-refractivity contribution in [3.63, 3.8) is 0 Å². The summed E-state index contributed by atoms with van der Waals surface area (Å²) in [6.07, 6.45) is 8.68. The van der Waals surface area contributed by atoms with Crippen molar-refractivity contribution in [2.24, 2.45) is 11.8 Å². The summed E-state index contributed by atoms with van der Waals surface area (Å²) in [7, 11) is 0. The van der Waals surface area contributed by atoms with E-state index in [9.17, 15) is 9.59 Å². The summed E-state index contributed by atoms with van der Waals surface area (Å²) in [5.41, 5.74) is 2.36. The zero-order valence-electron chi connectivity index (χ0n) is 18.5. The van der Waals surface area contributed by atoms with Crippen LogP contribution in [0.15, 0.2) is 42.0 Å². The Balaban J connectivity index is 2.06. The predicted molar refractivity (Wildman–Crippen MR) is 118 cm³/mol. The quantitative estimate of drug-likeness (QED) is 0.419. The summed E-state index contributed by atoms with van der Waals surface area (Å²) in [6.45, 7) is 8.86. The van der Waals surface area contributed by atoms with Crippen LogP contribution >= 0.6 is 0 Å². The van der Waals surface area contributed by atoms with Gasteiger partial charge in [0.1, 0.15) is 6.61 Å². The molecule has 0 unspecified atom stereocenters. The van der Waals surface area contributed by atoms with Gasteiger partial charge in [-0.25, -0.2) is 9.69 Å². The topological polar surface area (TPSA) is 46.6 Å². The van der Waals surface area contributed by atoms with Crippen molar-refractivity contribution < 1.29 is 14.3 Å². The number of rotatable bonds is 11. The molecule has 1 aliphatic rings. The maximum atomic E-state index is 13.2. The van der Waals surface area contributed by atoms with Gasteiger partial charge in [0.2, 0.25) is 5.91 Å². The Morgan fingerprint density at radius 2 is 1.93 bits per heavy atom. The van der Waals surface area contributed by atoms with Gasteiger partial charge in [-0.1, -0.05) is 75.6 Å². The van der Waals surface area contributed by atoms with Crippen molar-refractivity contribution >= 4 is 12.0 Å². The van der Waals surface area contributed by atoms with E-state index < -0.39 is 6.09 Å². The van der Waals surface area contributed by atoms with Crippen molar-refractivity contribution in [2.45, 2.75) is 78.7 Å². The highest BCUT2D eigenvalue weighted by Gasteiger charge is 2.40. The second kappa shape index (κ2) is 11.8. The van der Waals surface area contributed by atoms with E-state index in [0.29, 0.717) is 18.8 Å². The highest BCUT2D eigenvalue weighted by molar-refractivity contribution is 5.95. The highest BCUT2D eigenvalue weighted by atomic mass is 16.6. The summed E-state index contributed by atoms with van der Waals surface area (Å²) in [5.74, 6) is 0.300. The first-order valence-electron chi connectivity index (χ1n) is 11.2. The van der Waals surface area contributed by atoms with Crippen LogP contribution in [0.2, 0.25) is 0 Å². The van der Waals surface area contributed by atoms with Crippen LogP contribution in [0.5, 0.6) is 0 Å². The normalized spacial score (nSPS) is 19.2. The number of carbonyl (C=O) groups is 2. The van der Waals surface area contributed by atoms with Gasteiger partial charge in [-0.2, -0.15) is 0 Å². The lowest BCUT2D eigenvalue weighted by molar-refractivity contribution is -0.133. The van der Waals surface area contributed by atoms with Gasteiger partial charge >= 0.3 is 6.09 Å². The molecule has 1 aromatic rings. The molecule has 29 heavy (non-hydrogen) atoms. The summed E-state index contributed by atoms with van der Waals surface area (Å²) in [5, 5.41) is 0. The summed E-state index contributed by atoms with van der Waals surface area (Å²) in [4.78, 5) is 27.0. The minimum absolute atomic E-state index is 0.0923. The average molecular weight is 400 g/mol. The van der Waals surface area contributed by atoms with Crippen molar-refractivity contribution in [3.8, 4) is 0 Å². The molecule has 1 aromatic carbocycles. The molecule has 1 fully saturated rings. The standard InChI is InChI=1S/C25H37NO3/c1-5-8-12-20(6-2)15-19(4)16-22(7-3)24(27)26-23(18-29-25(26)28)17-21-13-10-9-11-14-21/h9-11,13-15,20,22-23H,5-8,12,16-18H2,1-4H3/b19-15+/t20-,22+,23-/m0/s1. The van der Waals surface area contributed by atoms with E-state index in [1.165, 1.54) is 29.7 Å². The van der Waals surface area contributed by atoms with Crippen molar-refractivity contribution in [1.29, 1.82) is 0 Å². The minimum Gasteiger partial charge on any atom is -0.447 e. The van der Waals surface area contributed by atoms with E-state index in [-0.39, 0.29) is 24.5 Å². The first kappa shape index (κ1) is 23.2. The third-order valence-corrected chi connectivity index (χ3v) is 5.90. The smallest absolute Gasteiger partial charge is 0.416 e. The number of allylic oxidation sites excluding steroid dienone is 2. The summed E-state index contributed by atoms with van der Waals surface area (Å²) >= 11 is 0. The van der Waals surface area contributed by atoms with Gasteiger partial charge in [0.15, 0.2) is 0 Å². The Morgan fingerprint density at radius 1 is 1.21 bits per heavy atom. The fraction of sp³-hybridized carbons (Fsp3) is 0.600. The molecule has 0 aliphatic carbocycles. The number of imide groups is 1. The third-order valence-electron chi connectivity index (χ3n) is 5.90. The fourth-order valence-corrected chi connectivity index (χ4v) is 4.10. The van der Waals surface area contributed by atoms with Crippen LogP contribution in [0.1, 0.15) is 71.8 Å². The van der Waals surface area contributed by atoms with Crippen LogP contribution in [-0.4, -0.2) is 29.5 Å². The number of hydrogen-bond donors (Lipinski definition) is 0. The molecular formula is C25H37NO3. The molecule has 0 radical (unpaired) electrons. The van der Waals surface area contributed by atoms with Crippen molar-refractivity contribution in [2.75, 3.05) is 6.61 Å². The molecule has 0 aromatic heterocycles. The molecule has 2 amide bonds. The van der Waals surface area contributed by atoms with Crippen LogP contribution < -0.4 is 0 Å². The highest BCUT2D eigenvalue weighted by Crippen LogP contribution is 2.26. The van der Waals surface area contributed by atoms with Crippen molar-refractivity contribution in [3.05, 3.63) is 47.5 Å². The molecule has 0 spiro atoms. The van der Waals surface area contributed by atoms with E-state index in [2.05, 4.69) is 26.8 Å². The van der Waals surface area contributed by atoms with Crippen LogP contribution in [-0.2, 0) is 16.0 Å². The van der Waals surface area contributed by atoms with Gasteiger partial charge in [0, 0.05) is 5.92 Å². The number of ether oxygens (including phenoxy) is 1. The van der Waals surface area contributed by atoms with Crippen LogP contribution in [0, 0.1) is 11.8 Å². The molecular weight excluding hydrogens is 362 g/mol. The summed E-state index contributed by atoms with van der Waals surface area (Å²) < 4.78 is 5.25. The lowest BCUT2D eigenvalue weighted by Gasteiger charge is -2.25. The molecule has 1 heterocycles. The van der Waals surface area contributed by atoms with Crippen LogP contribution in [0.3, 0.4) is 0 Å². The Morgan fingerprint density at radius 3 is 2.55 bits per heavy atom. The number of carbonyl (C=O) groups excluding carboxylic acids is 2. The molecule has 2 rings (SSSR count). The molecule has 1 saturated heterocycles. The Bertz CT molecular complexity index is 683. The molecule has 160 valence electrons. The largest absolute Gasteiger partial charge is 0.447 e. The zero-order valence-corrected chi connectivity index (χ0v) is 18.5. The van der Waals surface area contributed by atoms with Crippen LogP contribution in [0.25, 0.3) is 0 Å². The number of amides is 2. The Kier molecular flexibility index (Phi) is 9.43. The fourth-order valence-electron chi connectivity index (χ4n) is 4.10. The van der Waals surface area contributed by atoms with Gasteiger partial charge in [-0.05, 0) is 50.5 Å². The lowest BCUT2D eigenvalue weighted by Crippen LogP contribution is -2.43. The van der Waals surface area contributed by atoms with Crippen molar-refractivity contribution in [1.82, 2.24) is 4.90 Å². The van der Waals surface area contributed by atoms with E-state index in [4.69, 9.17) is 4.74 Å². The molecule has 4 nitrogen and oxygen atoms in total.